The van der Waals surface area contributed by atoms with Crippen LogP contribution in [0, 0.1) is 17.8 Å². The van der Waals surface area contributed by atoms with Gasteiger partial charge in [-0.2, -0.15) is 0 Å². The third kappa shape index (κ3) is 3.97. The minimum absolute atomic E-state index is 0.0106. The van der Waals surface area contributed by atoms with Crippen LogP contribution in [0.1, 0.15) is 39.0 Å². The number of carbonyl (C=O) groups excluding carboxylic acids is 1. The molecule has 1 rings (SSSR count). The van der Waals surface area contributed by atoms with Crippen LogP contribution < -0.4 is 10.6 Å². The molecule has 0 saturated carbocycles. The van der Waals surface area contributed by atoms with Crippen LogP contribution in [0.25, 0.3) is 0 Å². The number of hydrogen-bond acceptors (Lipinski definition) is 3. The Morgan fingerprint density at radius 1 is 1.58 bits per heavy atom. The van der Waals surface area contributed by atoms with Gasteiger partial charge in [-0.05, 0) is 25.8 Å². The third-order valence-electron chi connectivity index (χ3n) is 3.61. The van der Waals surface area contributed by atoms with Crippen LogP contribution in [-0.2, 0) is 9.59 Å². The smallest absolute Gasteiger partial charge is 0.327 e. The van der Waals surface area contributed by atoms with E-state index in [4.69, 9.17) is 11.5 Å². The number of carboxylic acid groups (broad SMARTS) is 1. The Bertz CT molecular complexity index is 362. The summed E-state index contributed by atoms with van der Waals surface area (Å²) in [4.78, 5) is 23.5. The van der Waals surface area contributed by atoms with E-state index in [1.807, 2.05) is 6.92 Å². The van der Waals surface area contributed by atoms with Crippen molar-refractivity contribution in [2.24, 2.45) is 5.41 Å². The molecule has 5 heteroatoms. The van der Waals surface area contributed by atoms with Crippen molar-refractivity contribution in [1.29, 1.82) is 0 Å². The predicted molar refractivity (Wildman–Crippen MR) is 72.5 cm³/mol. The normalized spacial score (nSPS) is 24.2. The second-order valence-corrected chi connectivity index (χ2v) is 5.08. The molecular formula is C14H22N2O3. The quantitative estimate of drug-likeness (QED) is 0.620. The van der Waals surface area contributed by atoms with E-state index < -0.39 is 17.4 Å². The minimum Gasteiger partial charge on any atom is -0.480 e. The van der Waals surface area contributed by atoms with Crippen LogP contribution in [0.3, 0.4) is 0 Å². The van der Waals surface area contributed by atoms with Crippen LogP contribution in [0.5, 0.6) is 0 Å². The first-order valence-corrected chi connectivity index (χ1v) is 6.73. The van der Waals surface area contributed by atoms with Gasteiger partial charge in [-0.3, -0.25) is 4.79 Å². The molecule has 1 heterocycles. The lowest BCUT2D eigenvalue weighted by Crippen LogP contribution is -2.54. The Morgan fingerprint density at radius 2 is 2.32 bits per heavy atom. The van der Waals surface area contributed by atoms with Gasteiger partial charge in [0.05, 0.1) is 5.41 Å². The van der Waals surface area contributed by atoms with Crippen LogP contribution in [0.4, 0.5) is 0 Å². The number of piperidine rings is 1. The van der Waals surface area contributed by atoms with Gasteiger partial charge < -0.3 is 15.7 Å². The lowest BCUT2D eigenvalue weighted by Gasteiger charge is -2.36. The second-order valence-electron chi connectivity index (χ2n) is 5.08. The van der Waals surface area contributed by atoms with Gasteiger partial charge in [-0.15, -0.1) is 12.3 Å². The molecule has 0 aromatic rings. The van der Waals surface area contributed by atoms with Crippen molar-refractivity contribution in [1.82, 2.24) is 10.6 Å². The highest BCUT2D eigenvalue weighted by Gasteiger charge is 2.40. The molecule has 1 aliphatic heterocycles. The summed E-state index contributed by atoms with van der Waals surface area (Å²) in [6.45, 7) is 3.54. The molecule has 1 saturated heterocycles. The van der Waals surface area contributed by atoms with Crippen molar-refractivity contribution in [3.63, 3.8) is 0 Å². The van der Waals surface area contributed by atoms with E-state index in [1.54, 1.807) is 0 Å². The molecule has 2 unspecified atom stereocenters. The lowest BCUT2D eigenvalue weighted by atomic mass is 9.76. The molecule has 0 aliphatic carbocycles. The van der Waals surface area contributed by atoms with Crippen LogP contribution >= 0.6 is 0 Å². The maximum absolute atomic E-state index is 12.4. The average Bonchev–Trinajstić information content (AvgIpc) is 2.39. The Morgan fingerprint density at radius 3 is 2.79 bits per heavy atom. The van der Waals surface area contributed by atoms with Gasteiger partial charge in [0.25, 0.3) is 0 Å². The van der Waals surface area contributed by atoms with Gasteiger partial charge in [0.1, 0.15) is 6.04 Å². The number of hydrogen-bond donors (Lipinski definition) is 3. The Labute approximate surface area is 114 Å². The second kappa shape index (κ2) is 7.15. The highest BCUT2D eigenvalue weighted by molar-refractivity contribution is 5.87. The first-order chi connectivity index (χ1) is 9.05. The summed E-state index contributed by atoms with van der Waals surface area (Å²) in [5.41, 5.74) is -0.491. The van der Waals surface area contributed by atoms with Gasteiger partial charge in [-0.1, -0.05) is 13.3 Å². The fraction of sp³-hybridized carbons (Fsp3) is 0.714. The number of carbonyl (C=O) groups is 2. The van der Waals surface area contributed by atoms with E-state index in [-0.39, 0.29) is 12.3 Å². The zero-order chi connectivity index (χ0) is 14.3. The van der Waals surface area contributed by atoms with Crippen LogP contribution in [-0.4, -0.2) is 36.1 Å². The van der Waals surface area contributed by atoms with E-state index in [0.717, 1.165) is 32.2 Å². The number of amides is 1. The summed E-state index contributed by atoms with van der Waals surface area (Å²) in [7, 11) is 0. The monoisotopic (exact) mass is 266 g/mol. The number of terminal acetylenes is 1. The molecule has 1 fully saturated rings. The summed E-state index contributed by atoms with van der Waals surface area (Å²) in [5, 5.41) is 14.9. The fourth-order valence-electron chi connectivity index (χ4n) is 2.60. The van der Waals surface area contributed by atoms with Crippen molar-refractivity contribution >= 4 is 11.9 Å². The highest BCUT2D eigenvalue weighted by Crippen LogP contribution is 2.32. The summed E-state index contributed by atoms with van der Waals surface area (Å²) in [6.07, 6.45) is 8.52. The molecule has 2 atom stereocenters. The molecule has 3 N–H and O–H groups in total. The largest absolute Gasteiger partial charge is 0.480 e. The van der Waals surface area contributed by atoms with Gasteiger partial charge >= 0.3 is 5.97 Å². The summed E-state index contributed by atoms with van der Waals surface area (Å²) in [5.74, 6) is 1.02. The van der Waals surface area contributed by atoms with Crippen molar-refractivity contribution in [3.05, 3.63) is 0 Å². The molecule has 0 aromatic heterocycles. The summed E-state index contributed by atoms with van der Waals surface area (Å²) < 4.78 is 0. The van der Waals surface area contributed by atoms with E-state index in [1.165, 1.54) is 0 Å². The van der Waals surface area contributed by atoms with Crippen molar-refractivity contribution in [3.8, 4) is 12.3 Å². The van der Waals surface area contributed by atoms with Crippen LogP contribution in [0.15, 0.2) is 0 Å². The Hall–Kier alpha value is -1.54. The van der Waals surface area contributed by atoms with Gasteiger partial charge in [-0.25, -0.2) is 4.79 Å². The molecule has 0 radical (unpaired) electrons. The maximum atomic E-state index is 12.4. The number of aliphatic carboxylic acids is 1. The summed E-state index contributed by atoms with van der Waals surface area (Å²) in [6, 6.07) is -0.992. The standard InChI is InChI=1S/C14H22N2O3/c1-3-6-11(12(17)18)16-13(19)14(7-4-2)8-5-9-15-10-14/h1,11,15H,4-10H2,2H3,(H,16,19)(H,17,18). The van der Waals surface area contributed by atoms with Gasteiger partial charge in [0.2, 0.25) is 5.91 Å². The molecule has 1 aliphatic rings. The molecule has 106 valence electrons. The number of rotatable bonds is 6. The Kier molecular flexibility index (Phi) is 5.84. The number of carboxylic acids is 1. The maximum Gasteiger partial charge on any atom is 0.327 e. The van der Waals surface area contributed by atoms with Crippen LogP contribution in [0.2, 0.25) is 0 Å². The molecule has 0 aromatic carbocycles. The Balaban J connectivity index is 2.76. The predicted octanol–water partition coefficient (Wildman–Crippen LogP) is 0.749. The minimum atomic E-state index is -1.08. The first-order valence-electron chi connectivity index (χ1n) is 6.73. The molecule has 19 heavy (non-hydrogen) atoms. The zero-order valence-corrected chi connectivity index (χ0v) is 11.4. The lowest BCUT2D eigenvalue weighted by molar-refractivity contribution is -0.144. The SMILES string of the molecule is C#CCC(NC(=O)C1(CCC)CCCNC1)C(=O)O. The molecular weight excluding hydrogens is 244 g/mol. The highest BCUT2D eigenvalue weighted by atomic mass is 16.4. The van der Waals surface area contributed by atoms with Crippen molar-refractivity contribution in [2.75, 3.05) is 13.1 Å². The van der Waals surface area contributed by atoms with Gasteiger partial charge in [0, 0.05) is 13.0 Å². The average molecular weight is 266 g/mol. The first kappa shape index (κ1) is 15.5. The summed E-state index contributed by atoms with van der Waals surface area (Å²) >= 11 is 0. The van der Waals surface area contributed by atoms with Crippen molar-refractivity contribution < 1.29 is 14.7 Å². The molecule has 0 spiro atoms. The number of nitrogens with one attached hydrogen (secondary N) is 2. The van der Waals surface area contributed by atoms with E-state index in [0.29, 0.717) is 6.54 Å². The van der Waals surface area contributed by atoms with E-state index in [2.05, 4.69) is 16.6 Å². The van der Waals surface area contributed by atoms with E-state index >= 15 is 0 Å². The van der Waals surface area contributed by atoms with E-state index in [9.17, 15) is 9.59 Å². The zero-order valence-electron chi connectivity index (χ0n) is 11.4. The fourth-order valence-corrected chi connectivity index (χ4v) is 2.60. The topological polar surface area (TPSA) is 78.4 Å². The molecule has 0 bridgehead atoms. The molecule has 5 nitrogen and oxygen atoms in total. The van der Waals surface area contributed by atoms with Gasteiger partial charge in [0.15, 0.2) is 0 Å². The van der Waals surface area contributed by atoms with Crippen molar-refractivity contribution in [2.45, 2.75) is 45.1 Å². The molecule has 1 amide bonds. The third-order valence-corrected chi connectivity index (χ3v) is 3.61.